The summed E-state index contributed by atoms with van der Waals surface area (Å²) < 4.78 is 18.7. The van der Waals surface area contributed by atoms with E-state index in [2.05, 4.69) is 5.32 Å². The average Bonchev–Trinajstić information content (AvgIpc) is 2.57. The minimum absolute atomic E-state index is 0.00118. The minimum Gasteiger partial charge on any atom is -0.489 e. The lowest BCUT2D eigenvalue weighted by atomic mass is 10.2. The van der Waals surface area contributed by atoms with Crippen molar-refractivity contribution in [1.29, 1.82) is 0 Å². The molecule has 0 heterocycles. The van der Waals surface area contributed by atoms with Gasteiger partial charge in [0.2, 0.25) is 5.91 Å². The topological polar surface area (TPSA) is 64.4 Å². The SMILES string of the molecule is CC(N)CCC(=O)NCc1ccc(OCc2cccc(F)c2)cc1. The number of hydrogen-bond donors (Lipinski definition) is 2. The number of carbonyl (C=O) groups excluding carboxylic acids is 1. The molecule has 1 atom stereocenters. The van der Waals surface area contributed by atoms with Crippen LogP contribution in [0.3, 0.4) is 0 Å². The van der Waals surface area contributed by atoms with E-state index in [0.29, 0.717) is 31.7 Å². The summed E-state index contributed by atoms with van der Waals surface area (Å²) in [5, 5.41) is 2.86. The predicted molar refractivity (Wildman–Crippen MR) is 91.9 cm³/mol. The van der Waals surface area contributed by atoms with Crippen LogP contribution in [0.2, 0.25) is 0 Å². The van der Waals surface area contributed by atoms with Crippen LogP contribution in [-0.4, -0.2) is 11.9 Å². The molecule has 0 aromatic heterocycles. The fourth-order valence-corrected chi connectivity index (χ4v) is 2.14. The molecular weight excluding hydrogens is 307 g/mol. The molecule has 128 valence electrons. The first-order valence-electron chi connectivity index (χ1n) is 8.01. The van der Waals surface area contributed by atoms with Gasteiger partial charge in [0.1, 0.15) is 18.2 Å². The summed E-state index contributed by atoms with van der Waals surface area (Å²) in [6.07, 6.45) is 1.12. The van der Waals surface area contributed by atoms with Crippen LogP contribution in [0.4, 0.5) is 4.39 Å². The molecule has 24 heavy (non-hydrogen) atoms. The first kappa shape index (κ1) is 17.9. The molecule has 0 radical (unpaired) electrons. The van der Waals surface area contributed by atoms with E-state index in [-0.39, 0.29) is 17.8 Å². The third-order valence-electron chi connectivity index (χ3n) is 3.53. The number of rotatable bonds is 8. The zero-order chi connectivity index (χ0) is 17.4. The van der Waals surface area contributed by atoms with E-state index in [1.165, 1.54) is 12.1 Å². The van der Waals surface area contributed by atoms with Crippen LogP contribution in [0.25, 0.3) is 0 Å². The highest BCUT2D eigenvalue weighted by Crippen LogP contribution is 2.14. The van der Waals surface area contributed by atoms with Crippen molar-refractivity contribution in [1.82, 2.24) is 5.32 Å². The Bertz CT molecular complexity index is 657. The molecule has 0 fully saturated rings. The molecule has 0 saturated heterocycles. The molecule has 1 amide bonds. The number of nitrogens with two attached hydrogens (primary N) is 1. The van der Waals surface area contributed by atoms with Crippen molar-refractivity contribution in [3.05, 3.63) is 65.5 Å². The van der Waals surface area contributed by atoms with Gasteiger partial charge >= 0.3 is 0 Å². The quantitative estimate of drug-likeness (QED) is 0.781. The Hall–Kier alpha value is -2.40. The number of amides is 1. The molecule has 0 aliphatic heterocycles. The van der Waals surface area contributed by atoms with E-state index < -0.39 is 0 Å². The predicted octanol–water partition coefficient (Wildman–Crippen LogP) is 3.15. The fourth-order valence-electron chi connectivity index (χ4n) is 2.14. The van der Waals surface area contributed by atoms with E-state index in [1.807, 2.05) is 37.3 Å². The third-order valence-corrected chi connectivity index (χ3v) is 3.53. The Labute approximate surface area is 141 Å². The van der Waals surface area contributed by atoms with Gasteiger partial charge in [0.25, 0.3) is 0 Å². The zero-order valence-electron chi connectivity index (χ0n) is 13.8. The molecule has 2 rings (SSSR count). The molecule has 2 aromatic carbocycles. The second-order valence-electron chi connectivity index (χ2n) is 5.86. The summed E-state index contributed by atoms with van der Waals surface area (Å²) in [6, 6.07) is 13.8. The van der Waals surface area contributed by atoms with Gasteiger partial charge in [-0.15, -0.1) is 0 Å². The van der Waals surface area contributed by atoms with E-state index >= 15 is 0 Å². The second kappa shape index (κ2) is 9.03. The molecule has 5 heteroatoms. The molecule has 1 unspecified atom stereocenters. The molecule has 3 N–H and O–H groups in total. The fraction of sp³-hybridized carbons (Fsp3) is 0.316. The van der Waals surface area contributed by atoms with Gasteiger partial charge in [-0.25, -0.2) is 4.39 Å². The van der Waals surface area contributed by atoms with Crippen molar-refractivity contribution in [3.8, 4) is 5.75 Å². The maximum absolute atomic E-state index is 13.1. The number of hydrogen-bond acceptors (Lipinski definition) is 3. The highest BCUT2D eigenvalue weighted by molar-refractivity contribution is 5.75. The van der Waals surface area contributed by atoms with Gasteiger partial charge in [-0.1, -0.05) is 24.3 Å². The van der Waals surface area contributed by atoms with Crippen molar-refractivity contribution in [2.45, 2.75) is 39.0 Å². The number of carbonyl (C=O) groups is 1. The van der Waals surface area contributed by atoms with Crippen molar-refractivity contribution in [2.24, 2.45) is 5.73 Å². The summed E-state index contributed by atoms with van der Waals surface area (Å²) in [4.78, 5) is 11.7. The lowest BCUT2D eigenvalue weighted by molar-refractivity contribution is -0.121. The first-order valence-corrected chi connectivity index (χ1v) is 8.01. The summed E-state index contributed by atoms with van der Waals surface area (Å²) in [5.41, 5.74) is 7.40. The van der Waals surface area contributed by atoms with Gasteiger partial charge in [0.05, 0.1) is 0 Å². The van der Waals surface area contributed by atoms with Crippen LogP contribution in [0.15, 0.2) is 48.5 Å². The lowest BCUT2D eigenvalue weighted by Crippen LogP contribution is -2.25. The van der Waals surface area contributed by atoms with Gasteiger partial charge in [-0.05, 0) is 48.7 Å². The molecule has 0 bridgehead atoms. The van der Waals surface area contributed by atoms with E-state index in [4.69, 9.17) is 10.5 Å². The summed E-state index contributed by atoms with van der Waals surface area (Å²) in [6.45, 7) is 2.67. The Morgan fingerprint density at radius 3 is 2.62 bits per heavy atom. The normalized spacial score (nSPS) is 11.8. The molecule has 0 spiro atoms. The molecular formula is C19H23FN2O2. The Morgan fingerprint density at radius 1 is 1.21 bits per heavy atom. The summed E-state index contributed by atoms with van der Waals surface area (Å²) in [5.74, 6) is 0.427. The highest BCUT2D eigenvalue weighted by atomic mass is 19.1. The summed E-state index contributed by atoms with van der Waals surface area (Å²) in [7, 11) is 0. The highest BCUT2D eigenvalue weighted by Gasteiger charge is 2.04. The first-order chi connectivity index (χ1) is 11.5. The molecule has 2 aromatic rings. The van der Waals surface area contributed by atoms with Gasteiger partial charge in [0.15, 0.2) is 0 Å². The van der Waals surface area contributed by atoms with Crippen LogP contribution in [0.5, 0.6) is 5.75 Å². The summed E-state index contributed by atoms with van der Waals surface area (Å²) >= 11 is 0. The van der Waals surface area contributed by atoms with Crippen molar-refractivity contribution in [2.75, 3.05) is 0 Å². The third kappa shape index (κ3) is 6.38. The van der Waals surface area contributed by atoms with Crippen LogP contribution in [0, 0.1) is 5.82 Å². The number of nitrogens with one attached hydrogen (secondary N) is 1. The maximum atomic E-state index is 13.1. The Kier molecular flexibility index (Phi) is 6.75. The van der Waals surface area contributed by atoms with Gasteiger partial charge < -0.3 is 15.8 Å². The minimum atomic E-state index is -0.272. The Balaban J connectivity index is 1.77. The molecule has 0 aliphatic rings. The van der Waals surface area contributed by atoms with Crippen LogP contribution >= 0.6 is 0 Å². The van der Waals surface area contributed by atoms with E-state index in [0.717, 1.165) is 11.1 Å². The number of ether oxygens (including phenoxy) is 1. The van der Waals surface area contributed by atoms with E-state index in [9.17, 15) is 9.18 Å². The van der Waals surface area contributed by atoms with Gasteiger partial charge in [-0.2, -0.15) is 0 Å². The zero-order valence-corrected chi connectivity index (χ0v) is 13.8. The van der Waals surface area contributed by atoms with Gasteiger partial charge in [-0.3, -0.25) is 4.79 Å². The average molecular weight is 330 g/mol. The monoisotopic (exact) mass is 330 g/mol. The van der Waals surface area contributed by atoms with Gasteiger partial charge in [0, 0.05) is 19.0 Å². The van der Waals surface area contributed by atoms with Crippen molar-refractivity contribution in [3.63, 3.8) is 0 Å². The second-order valence-corrected chi connectivity index (χ2v) is 5.86. The number of benzene rings is 2. The Morgan fingerprint density at radius 2 is 1.96 bits per heavy atom. The standard InChI is InChI=1S/C19H23FN2O2/c1-14(21)5-10-19(23)22-12-15-6-8-18(9-7-15)24-13-16-3-2-4-17(20)11-16/h2-4,6-9,11,14H,5,10,12-13,21H2,1H3,(H,22,23). The maximum Gasteiger partial charge on any atom is 0.220 e. The largest absolute Gasteiger partial charge is 0.489 e. The van der Waals surface area contributed by atoms with Crippen molar-refractivity contribution >= 4 is 5.91 Å². The van der Waals surface area contributed by atoms with Crippen LogP contribution in [0.1, 0.15) is 30.9 Å². The van der Waals surface area contributed by atoms with E-state index in [1.54, 1.807) is 6.07 Å². The van der Waals surface area contributed by atoms with Crippen molar-refractivity contribution < 1.29 is 13.9 Å². The molecule has 0 saturated carbocycles. The molecule has 0 aliphatic carbocycles. The van der Waals surface area contributed by atoms with Crippen LogP contribution < -0.4 is 15.8 Å². The lowest BCUT2D eigenvalue weighted by Gasteiger charge is -2.09. The molecule has 4 nitrogen and oxygen atoms in total. The smallest absolute Gasteiger partial charge is 0.220 e. The van der Waals surface area contributed by atoms with Crippen LogP contribution in [-0.2, 0) is 17.9 Å². The number of halogens is 1.